The molecule has 0 bridgehead atoms. The Morgan fingerprint density at radius 2 is 1.68 bits per heavy atom. The van der Waals surface area contributed by atoms with Crippen LogP contribution >= 0.6 is 28.3 Å². The highest BCUT2D eigenvalue weighted by molar-refractivity contribution is 9.08. The van der Waals surface area contributed by atoms with Crippen LogP contribution in [-0.4, -0.2) is 18.0 Å². The van der Waals surface area contributed by atoms with Crippen molar-refractivity contribution in [2.45, 2.75) is 24.7 Å². The highest BCUT2D eigenvalue weighted by Gasteiger charge is 2.28. The maximum atomic E-state index is 5.80. The fourth-order valence-corrected chi connectivity index (χ4v) is 2.79. The number of rotatable bonds is 3. The number of halogens is 2. The van der Waals surface area contributed by atoms with Gasteiger partial charge in [-0.3, -0.25) is 0 Å². The van der Waals surface area contributed by atoms with E-state index in [-0.39, 0.29) is 17.9 Å². The summed E-state index contributed by atoms with van der Waals surface area (Å²) in [4.78, 5) is 4.70. The number of hydrogen-bond donors (Lipinski definition) is 0. The number of ether oxygens (including phenoxy) is 1. The summed E-state index contributed by atoms with van der Waals surface area (Å²) in [5.41, 5.74) is 4.55. The topological polar surface area (TPSA) is 21.6 Å². The van der Waals surface area contributed by atoms with Crippen LogP contribution in [0.3, 0.4) is 0 Å². The van der Waals surface area contributed by atoms with Crippen molar-refractivity contribution in [3.05, 3.63) is 59.7 Å². The molecule has 2 aromatic rings. The van der Waals surface area contributed by atoms with Crippen LogP contribution in [-0.2, 0) is 10.1 Å². The monoisotopic (exact) mass is 379 g/mol. The number of alkyl halides is 1. The van der Waals surface area contributed by atoms with Gasteiger partial charge in [0.15, 0.2) is 0 Å². The molecule has 116 valence electrons. The van der Waals surface area contributed by atoms with E-state index in [0.29, 0.717) is 6.61 Å². The van der Waals surface area contributed by atoms with Crippen molar-refractivity contribution >= 4 is 34.2 Å². The normalized spacial score (nSPS) is 15.7. The fourth-order valence-electron chi connectivity index (χ4n) is 2.42. The van der Waals surface area contributed by atoms with E-state index in [2.05, 4.69) is 72.2 Å². The molecule has 0 spiro atoms. The summed E-state index contributed by atoms with van der Waals surface area (Å²) >= 11 is 3.48. The summed E-state index contributed by atoms with van der Waals surface area (Å²) in [7, 11) is 0. The van der Waals surface area contributed by atoms with Crippen LogP contribution in [0.4, 0.5) is 0 Å². The Morgan fingerprint density at radius 1 is 1.05 bits per heavy atom. The third kappa shape index (κ3) is 3.53. The molecule has 0 saturated heterocycles. The molecule has 0 N–H and O–H groups in total. The Kier molecular flexibility index (Phi) is 5.30. The molecule has 3 rings (SSSR count). The predicted molar refractivity (Wildman–Crippen MR) is 98.3 cm³/mol. The minimum absolute atomic E-state index is 0. The van der Waals surface area contributed by atoms with Gasteiger partial charge in [0, 0.05) is 10.9 Å². The van der Waals surface area contributed by atoms with Crippen LogP contribution in [0.1, 0.15) is 25.0 Å². The highest BCUT2D eigenvalue weighted by atomic mass is 79.9. The number of nitrogens with zero attached hydrogens (tertiary/aromatic N) is 1. The maximum Gasteiger partial charge on any atom is 0.217 e. The van der Waals surface area contributed by atoms with Crippen molar-refractivity contribution in [1.29, 1.82) is 0 Å². The number of hydrogen-bond acceptors (Lipinski definition) is 2. The maximum absolute atomic E-state index is 5.80. The largest absolute Gasteiger partial charge is 0.475 e. The molecule has 1 heterocycles. The Morgan fingerprint density at radius 3 is 2.23 bits per heavy atom. The summed E-state index contributed by atoms with van der Waals surface area (Å²) in [6, 6.07) is 16.9. The molecule has 0 radical (unpaired) electrons. The van der Waals surface area contributed by atoms with Gasteiger partial charge in [-0.25, -0.2) is 4.99 Å². The van der Waals surface area contributed by atoms with Gasteiger partial charge >= 0.3 is 0 Å². The standard InChI is InChI=1S/C18H18BrNO.ClH/c1-18(2)12-21-17(20-18)16-6-4-3-5-15(16)14-9-7-13(11-19)8-10-14;/h3-10H,11-12H2,1-2H3;1H. The van der Waals surface area contributed by atoms with E-state index in [9.17, 15) is 0 Å². The zero-order valence-corrected chi connectivity index (χ0v) is 15.1. The van der Waals surface area contributed by atoms with Gasteiger partial charge in [-0.05, 0) is 36.6 Å². The number of aliphatic imine (C=N–C) groups is 1. The third-order valence-electron chi connectivity index (χ3n) is 3.54. The molecule has 0 aromatic heterocycles. The molecule has 1 aliphatic rings. The van der Waals surface area contributed by atoms with Crippen LogP contribution in [0.2, 0.25) is 0 Å². The van der Waals surface area contributed by atoms with Crippen LogP contribution < -0.4 is 0 Å². The van der Waals surface area contributed by atoms with E-state index in [1.54, 1.807) is 0 Å². The zero-order chi connectivity index (χ0) is 14.9. The van der Waals surface area contributed by atoms with Crippen molar-refractivity contribution in [3.63, 3.8) is 0 Å². The van der Waals surface area contributed by atoms with Gasteiger partial charge in [-0.2, -0.15) is 0 Å². The molecule has 0 aliphatic carbocycles. The van der Waals surface area contributed by atoms with Crippen LogP contribution in [0.5, 0.6) is 0 Å². The van der Waals surface area contributed by atoms with Gasteiger partial charge in [-0.15, -0.1) is 12.4 Å². The molecule has 0 fully saturated rings. The summed E-state index contributed by atoms with van der Waals surface area (Å²) < 4.78 is 5.80. The lowest BCUT2D eigenvalue weighted by molar-refractivity contribution is 0.279. The Labute approximate surface area is 146 Å². The van der Waals surface area contributed by atoms with Crippen molar-refractivity contribution in [1.82, 2.24) is 0 Å². The molecule has 2 nitrogen and oxygen atoms in total. The molecule has 0 unspecified atom stereocenters. The van der Waals surface area contributed by atoms with Crippen molar-refractivity contribution < 1.29 is 4.74 Å². The molecule has 22 heavy (non-hydrogen) atoms. The van der Waals surface area contributed by atoms with Crippen LogP contribution in [0, 0.1) is 0 Å². The Balaban J connectivity index is 0.00000176. The average Bonchev–Trinajstić information content (AvgIpc) is 2.87. The van der Waals surface area contributed by atoms with Gasteiger partial charge in [0.05, 0.1) is 5.54 Å². The first-order valence-corrected chi connectivity index (χ1v) is 8.18. The van der Waals surface area contributed by atoms with Crippen molar-refractivity contribution in [3.8, 4) is 11.1 Å². The van der Waals surface area contributed by atoms with Gasteiger partial charge < -0.3 is 4.74 Å². The van der Waals surface area contributed by atoms with E-state index >= 15 is 0 Å². The van der Waals surface area contributed by atoms with E-state index in [1.165, 1.54) is 11.1 Å². The SMILES string of the molecule is CC1(C)COC(c2ccccc2-c2ccc(CBr)cc2)=N1.Cl. The van der Waals surface area contributed by atoms with Crippen LogP contribution in [0.15, 0.2) is 53.5 Å². The Bertz CT molecular complexity index is 680. The first-order chi connectivity index (χ1) is 10.1. The predicted octanol–water partition coefficient (Wildman–Crippen LogP) is 5.23. The number of benzene rings is 2. The first-order valence-electron chi connectivity index (χ1n) is 7.06. The molecule has 2 aromatic carbocycles. The van der Waals surface area contributed by atoms with Crippen molar-refractivity contribution in [2.75, 3.05) is 6.61 Å². The van der Waals surface area contributed by atoms with Gasteiger partial charge in [0.1, 0.15) is 6.61 Å². The average molecular weight is 381 g/mol. The fraction of sp³-hybridized carbons (Fsp3) is 0.278. The summed E-state index contributed by atoms with van der Waals surface area (Å²) in [6.45, 7) is 4.82. The lowest BCUT2D eigenvalue weighted by Crippen LogP contribution is -2.17. The summed E-state index contributed by atoms with van der Waals surface area (Å²) in [6.07, 6.45) is 0. The van der Waals surface area contributed by atoms with Crippen LogP contribution in [0.25, 0.3) is 11.1 Å². The molecule has 0 saturated carbocycles. The summed E-state index contributed by atoms with van der Waals surface area (Å²) in [5.74, 6) is 0.750. The molecular formula is C18H19BrClNO. The van der Waals surface area contributed by atoms with Gasteiger partial charge in [0.25, 0.3) is 0 Å². The second-order valence-electron chi connectivity index (χ2n) is 5.89. The van der Waals surface area contributed by atoms with E-state index in [1.807, 2.05) is 6.07 Å². The highest BCUT2D eigenvalue weighted by Crippen LogP contribution is 2.29. The molecule has 1 aliphatic heterocycles. The zero-order valence-electron chi connectivity index (χ0n) is 12.7. The van der Waals surface area contributed by atoms with E-state index in [4.69, 9.17) is 9.73 Å². The minimum Gasteiger partial charge on any atom is -0.475 e. The van der Waals surface area contributed by atoms with E-state index < -0.39 is 0 Å². The lowest BCUT2D eigenvalue weighted by Gasteiger charge is -2.10. The molecule has 0 amide bonds. The quantitative estimate of drug-likeness (QED) is 0.668. The second kappa shape index (κ2) is 6.84. The molecule has 4 heteroatoms. The minimum atomic E-state index is -0.137. The second-order valence-corrected chi connectivity index (χ2v) is 6.45. The van der Waals surface area contributed by atoms with Gasteiger partial charge in [-0.1, -0.05) is 58.4 Å². The summed E-state index contributed by atoms with van der Waals surface area (Å²) in [5, 5.41) is 0.874. The first kappa shape index (κ1) is 17.0. The molecule has 0 atom stereocenters. The third-order valence-corrected chi connectivity index (χ3v) is 4.19. The Hall–Kier alpha value is -1.32. The van der Waals surface area contributed by atoms with Crippen molar-refractivity contribution in [2.24, 2.45) is 4.99 Å². The lowest BCUT2D eigenvalue weighted by atomic mass is 9.98. The molecular weight excluding hydrogens is 362 g/mol. The van der Waals surface area contributed by atoms with E-state index in [0.717, 1.165) is 22.4 Å². The smallest absolute Gasteiger partial charge is 0.217 e. The van der Waals surface area contributed by atoms with Gasteiger partial charge in [0.2, 0.25) is 5.90 Å².